The minimum Gasteiger partial charge on any atom is -0.493 e. The summed E-state index contributed by atoms with van der Waals surface area (Å²) in [5, 5.41) is 0. The SMILES string of the molecule is CCCC(=O)NNC(=O)C(C)(C)CCCOc1cc(C)ccc1C. The van der Waals surface area contributed by atoms with Crippen molar-refractivity contribution in [1.82, 2.24) is 10.9 Å². The molecule has 1 rings (SSSR count). The summed E-state index contributed by atoms with van der Waals surface area (Å²) in [5.41, 5.74) is 6.66. The van der Waals surface area contributed by atoms with Crippen molar-refractivity contribution in [1.29, 1.82) is 0 Å². The van der Waals surface area contributed by atoms with Crippen LogP contribution in [0.2, 0.25) is 0 Å². The second kappa shape index (κ2) is 9.30. The van der Waals surface area contributed by atoms with Crippen molar-refractivity contribution < 1.29 is 14.3 Å². The lowest BCUT2D eigenvalue weighted by molar-refractivity contribution is -0.134. The third kappa shape index (κ3) is 6.60. The van der Waals surface area contributed by atoms with Crippen LogP contribution in [0.15, 0.2) is 18.2 Å². The summed E-state index contributed by atoms with van der Waals surface area (Å²) < 4.78 is 5.82. The molecule has 0 spiro atoms. The van der Waals surface area contributed by atoms with E-state index in [0.717, 1.165) is 29.7 Å². The van der Waals surface area contributed by atoms with Crippen molar-refractivity contribution in [3.8, 4) is 5.75 Å². The first-order valence-corrected chi connectivity index (χ1v) is 8.55. The minimum atomic E-state index is -0.565. The fraction of sp³-hybridized carbons (Fsp3) is 0.579. The van der Waals surface area contributed by atoms with E-state index in [4.69, 9.17) is 4.74 Å². The van der Waals surface area contributed by atoms with Gasteiger partial charge in [0.1, 0.15) is 5.75 Å². The molecule has 0 heterocycles. The van der Waals surface area contributed by atoms with E-state index in [1.165, 1.54) is 0 Å². The van der Waals surface area contributed by atoms with Gasteiger partial charge in [-0.2, -0.15) is 0 Å². The molecule has 0 unspecified atom stereocenters. The first-order valence-electron chi connectivity index (χ1n) is 8.55. The smallest absolute Gasteiger partial charge is 0.244 e. The highest BCUT2D eigenvalue weighted by molar-refractivity contribution is 5.85. The lowest BCUT2D eigenvalue weighted by Gasteiger charge is -2.23. The molecule has 0 bridgehead atoms. The van der Waals surface area contributed by atoms with Crippen LogP contribution >= 0.6 is 0 Å². The lowest BCUT2D eigenvalue weighted by atomic mass is 9.87. The van der Waals surface area contributed by atoms with E-state index in [-0.39, 0.29) is 11.8 Å². The normalized spacial score (nSPS) is 11.0. The monoisotopic (exact) mass is 334 g/mol. The number of rotatable bonds is 8. The highest BCUT2D eigenvalue weighted by Crippen LogP contribution is 2.24. The Balaban J connectivity index is 2.37. The van der Waals surface area contributed by atoms with E-state index in [2.05, 4.69) is 16.9 Å². The molecular weight excluding hydrogens is 304 g/mol. The predicted molar refractivity (Wildman–Crippen MR) is 95.6 cm³/mol. The number of hydrogen-bond acceptors (Lipinski definition) is 3. The molecule has 5 nitrogen and oxygen atoms in total. The van der Waals surface area contributed by atoms with E-state index in [9.17, 15) is 9.59 Å². The molecule has 0 aliphatic rings. The predicted octanol–water partition coefficient (Wildman–Crippen LogP) is 3.44. The second-order valence-corrected chi connectivity index (χ2v) is 6.86. The molecule has 0 radical (unpaired) electrons. The molecule has 1 aromatic rings. The van der Waals surface area contributed by atoms with Crippen molar-refractivity contribution in [2.24, 2.45) is 5.41 Å². The van der Waals surface area contributed by atoms with Crippen molar-refractivity contribution in [3.63, 3.8) is 0 Å². The average Bonchev–Trinajstić information content (AvgIpc) is 2.52. The number of hydrogen-bond donors (Lipinski definition) is 2. The van der Waals surface area contributed by atoms with Crippen LogP contribution in [0.1, 0.15) is 57.6 Å². The topological polar surface area (TPSA) is 67.4 Å². The Morgan fingerprint density at radius 2 is 1.88 bits per heavy atom. The molecule has 0 fully saturated rings. The van der Waals surface area contributed by atoms with Gasteiger partial charge < -0.3 is 4.74 Å². The quantitative estimate of drug-likeness (QED) is 0.565. The van der Waals surface area contributed by atoms with E-state index in [1.807, 2.05) is 46.8 Å². The van der Waals surface area contributed by atoms with Crippen LogP contribution in [0.4, 0.5) is 0 Å². The van der Waals surface area contributed by atoms with Gasteiger partial charge in [-0.1, -0.05) is 32.9 Å². The number of carbonyl (C=O) groups is 2. The number of amides is 2. The van der Waals surface area contributed by atoms with Gasteiger partial charge in [0.25, 0.3) is 0 Å². The zero-order valence-electron chi connectivity index (χ0n) is 15.5. The fourth-order valence-corrected chi connectivity index (χ4v) is 2.26. The van der Waals surface area contributed by atoms with Gasteiger partial charge >= 0.3 is 0 Å². The Labute approximate surface area is 145 Å². The van der Waals surface area contributed by atoms with Gasteiger partial charge in [0.15, 0.2) is 0 Å². The molecule has 0 aliphatic carbocycles. The molecule has 0 saturated carbocycles. The van der Waals surface area contributed by atoms with Crippen LogP contribution in [-0.2, 0) is 9.59 Å². The molecule has 0 saturated heterocycles. The van der Waals surface area contributed by atoms with Gasteiger partial charge in [0.2, 0.25) is 11.8 Å². The Kier molecular flexibility index (Phi) is 7.75. The van der Waals surface area contributed by atoms with Crippen LogP contribution in [0.25, 0.3) is 0 Å². The van der Waals surface area contributed by atoms with Gasteiger partial charge in [0.05, 0.1) is 6.61 Å². The molecule has 1 aromatic carbocycles. The molecule has 0 atom stereocenters. The first-order chi connectivity index (χ1) is 11.3. The largest absolute Gasteiger partial charge is 0.493 e. The Hall–Kier alpha value is -2.04. The summed E-state index contributed by atoms with van der Waals surface area (Å²) in [6.07, 6.45) is 2.59. The molecule has 2 amide bonds. The third-order valence-electron chi connectivity index (χ3n) is 3.95. The van der Waals surface area contributed by atoms with Crippen molar-refractivity contribution >= 4 is 11.8 Å². The van der Waals surface area contributed by atoms with Gasteiger partial charge in [-0.3, -0.25) is 20.4 Å². The van der Waals surface area contributed by atoms with E-state index >= 15 is 0 Å². The summed E-state index contributed by atoms with van der Waals surface area (Å²) in [6.45, 7) is 10.3. The lowest BCUT2D eigenvalue weighted by Crippen LogP contribution is -2.47. The van der Waals surface area contributed by atoms with Gasteiger partial charge in [0, 0.05) is 11.8 Å². The zero-order valence-corrected chi connectivity index (χ0v) is 15.5. The zero-order chi connectivity index (χ0) is 18.2. The standard InChI is InChI=1S/C19H30N2O3/c1-6-8-17(22)20-21-18(23)19(4,5)11-7-12-24-16-13-14(2)9-10-15(16)3/h9-10,13H,6-8,11-12H2,1-5H3,(H,20,22)(H,21,23). The Morgan fingerprint density at radius 1 is 1.17 bits per heavy atom. The molecule has 134 valence electrons. The maximum atomic E-state index is 12.2. The summed E-state index contributed by atoms with van der Waals surface area (Å²) in [6, 6.07) is 6.12. The second-order valence-electron chi connectivity index (χ2n) is 6.86. The highest BCUT2D eigenvalue weighted by atomic mass is 16.5. The van der Waals surface area contributed by atoms with Gasteiger partial charge in [-0.05, 0) is 50.3 Å². The van der Waals surface area contributed by atoms with E-state index in [0.29, 0.717) is 19.4 Å². The summed E-state index contributed by atoms with van der Waals surface area (Å²) in [7, 11) is 0. The molecule has 24 heavy (non-hydrogen) atoms. The first kappa shape index (κ1) is 20.0. The van der Waals surface area contributed by atoms with E-state index < -0.39 is 5.41 Å². The average molecular weight is 334 g/mol. The maximum Gasteiger partial charge on any atom is 0.244 e. The number of aryl methyl sites for hydroxylation is 2. The van der Waals surface area contributed by atoms with E-state index in [1.54, 1.807) is 0 Å². The number of nitrogens with one attached hydrogen (secondary N) is 2. The fourth-order valence-electron chi connectivity index (χ4n) is 2.26. The van der Waals surface area contributed by atoms with Crippen LogP contribution in [0, 0.1) is 19.3 Å². The summed E-state index contributed by atoms with van der Waals surface area (Å²) in [5.74, 6) is 0.544. The molecule has 5 heteroatoms. The third-order valence-corrected chi connectivity index (χ3v) is 3.95. The molecule has 0 aromatic heterocycles. The van der Waals surface area contributed by atoms with Crippen LogP contribution < -0.4 is 15.6 Å². The van der Waals surface area contributed by atoms with Gasteiger partial charge in [-0.25, -0.2) is 0 Å². The van der Waals surface area contributed by atoms with Crippen molar-refractivity contribution in [2.45, 2.75) is 60.3 Å². The molecule has 0 aliphatic heterocycles. The molecule has 2 N–H and O–H groups in total. The number of ether oxygens (including phenoxy) is 1. The van der Waals surface area contributed by atoms with Crippen molar-refractivity contribution in [3.05, 3.63) is 29.3 Å². The molecular formula is C19H30N2O3. The maximum absolute atomic E-state index is 12.2. The van der Waals surface area contributed by atoms with Crippen molar-refractivity contribution in [2.75, 3.05) is 6.61 Å². The number of benzene rings is 1. The Bertz CT molecular complexity index is 568. The van der Waals surface area contributed by atoms with Crippen LogP contribution in [-0.4, -0.2) is 18.4 Å². The summed E-state index contributed by atoms with van der Waals surface area (Å²) >= 11 is 0. The Morgan fingerprint density at radius 3 is 2.54 bits per heavy atom. The van der Waals surface area contributed by atoms with Gasteiger partial charge in [-0.15, -0.1) is 0 Å². The minimum absolute atomic E-state index is 0.167. The number of carbonyl (C=O) groups excluding carboxylic acids is 2. The van der Waals surface area contributed by atoms with Crippen LogP contribution in [0.3, 0.4) is 0 Å². The van der Waals surface area contributed by atoms with Crippen LogP contribution in [0.5, 0.6) is 5.75 Å². The summed E-state index contributed by atoms with van der Waals surface area (Å²) in [4.78, 5) is 23.6. The number of hydrazine groups is 1. The highest BCUT2D eigenvalue weighted by Gasteiger charge is 2.27.